The number of hydrogen-bond acceptors (Lipinski definition) is 3. The van der Waals surface area contributed by atoms with Gasteiger partial charge < -0.3 is 10.3 Å². The lowest BCUT2D eigenvalue weighted by Gasteiger charge is -2.25. The number of thiophene rings is 1. The topological polar surface area (TPSA) is 62.0 Å². The van der Waals surface area contributed by atoms with E-state index in [1.54, 1.807) is 17.4 Å². The SMILES string of the molecule is O=C(Cc1cccs1)N[C@H]1CCc2[nH]c(=O)ccc2C1. The minimum absolute atomic E-state index is 0.0519. The molecule has 0 bridgehead atoms. The molecule has 0 saturated carbocycles. The van der Waals surface area contributed by atoms with Gasteiger partial charge in [0.2, 0.25) is 11.5 Å². The van der Waals surface area contributed by atoms with Crippen molar-refractivity contribution in [1.82, 2.24) is 10.3 Å². The largest absolute Gasteiger partial charge is 0.353 e. The first-order valence-corrected chi connectivity index (χ1v) is 7.61. The average Bonchev–Trinajstić information content (AvgIpc) is 2.91. The van der Waals surface area contributed by atoms with Gasteiger partial charge in [-0.3, -0.25) is 9.59 Å². The molecule has 2 N–H and O–H groups in total. The highest BCUT2D eigenvalue weighted by molar-refractivity contribution is 7.10. The molecule has 1 atom stereocenters. The Hall–Kier alpha value is -1.88. The number of amides is 1. The second kappa shape index (κ2) is 5.63. The zero-order valence-corrected chi connectivity index (χ0v) is 11.8. The summed E-state index contributed by atoms with van der Waals surface area (Å²) in [4.78, 5) is 27.2. The first-order valence-electron chi connectivity index (χ1n) is 6.73. The Kier molecular flexibility index (Phi) is 3.69. The van der Waals surface area contributed by atoms with Crippen LogP contribution in [0, 0.1) is 0 Å². The van der Waals surface area contributed by atoms with Crippen LogP contribution in [0.5, 0.6) is 0 Å². The van der Waals surface area contributed by atoms with Gasteiger partial charge in [-0.1, -0.05) is 12.1 Å². The monoisotopic (exact) mass is 288 g/mol. The molecule has 2 heterocycles. The Morgan fingerprint density at radius 3 is 3.10 bits per heavy atom. The van der Waals surface area contributed by atoms with Gasteiger partial charge in [0.05, 0.1) is 6.42 Å². The number of rotatable bonds is 3. The van der Waals surface area contributed by atoms with Crippen LogP contribution in [0.25, 0.3) is 0 Å². The number of pyridine rings is 1. The number of aryl methyl sites for hydroxylation is 1. The van der Waals surface area contributed by atoms with Gasteiger partial charge in [-0.25, -0.2) is 0 Å². The molecule has 0 unspecified atom stereocenters. The van der Waals surface area contributed by atoms with E-state index in [9.17, 15) is 9.59 Å². The molecule has 0 aromatic carbocycles. The lowest BCUT2D eigenvalue weighted by Crippen LogP contribution is -2.40. The summed E-state index contributed by atoms with van der Waals surface area (Å²) in [5, 5.41) is 5.07. The van der Waals surface area contributed by atoms with Crippen molar-refractivity contribution in [3.8, 4) is 0 Å². The fourth-order valence-electron chi connectivity index (χ4n) is 2.62. The molecule has 5 heteroatoms. The molecule has 0 saturated heterocycles. The minimum Gasteiger partial charge on any atom is -0.353 e. The molecule has 20 heavy (non-hydrogen) atoms. The number of aromatic amines is 1. The fourth-order valence-corrected chi connectivity index (χ4v) is 3.32. The van der Waals surface area contributed by atoms with Crippen molar-refractivity contribution < 1.29 is 4.79 Å². The highest BCUT2D eigenvalue weighted by Crippen LogP contribution is 2.18. The molecular formula is C15H16N2O2S. The molecule has 2 aromatic heterocycles. The number of carbonyl (C=O) groups is 1. The number of carbonyl (C=O) groups excluding carboxylic acids is 1. The Balaban J connectivity index is 1.61. The zero-order chi connectivity index (χ0) is 13.9. The molecule has 2 aromatic rings. The van der Waals surface area contributed by atoms with Crippen LogP contribution in [0.2, 0.25) is 0 Å². The Morgan fingerprint density at radius 1 is 1.40 bits per heavy atom. The van der Waals surface area contributed by atoms with E-state index in [0.717, 1.165) is 35.4 Å². The summed E-state index contributed by atoms with van der Waals surface area (Å²) in [6, 6.07) is 7.52. The van der Waals surface area contributed by atoms with Crippen molar-refractivity contribution >= 4 is 17.2 Å². The van der Waals surface area contributed by atoms with Crippen molar-refractivity contribution in [2.45, 2.75) is 31.7 Å². The fraction of sp³-hybridized carbons (Fsp3) is 0.333. The van der Waals surface area contributed by atoms with E-state index in [1.165, 1.54) is 0 Å². The third kappa shape index (κ3) is 2.99. The van der Waals surface area contributed by atoms with Gasteiger partial charge >= 0.3 is 0 Å². The van der Waals surface area contributed by atoms with E-state index < -0.39 is 0 Å². The van der Waals surface area contributed by atoms with Crippen LogP contribution in [-0.2, 0) is 24.1 Å². The van der Waals surface area contributed by atoms with Crippen LogP contribution in [0.4, 0.5) is 0 Å². The first-order chi connectivity index (χ1) is 9.70. The van der Waals surface area contributed by atoms with Crippen molar-refractivity contribution in [2.75, 3.05) is 0 Å². The number of nitrogens with one attached hydrogen (secondary N) is 2. The first kappa shape index (κ1) is 13.1. The summed E-state index contributed by atoms with van der Waals surface area (Å²) in [5.74, 6) is 0.0744. The lowest BCUT2D eigenvalue weighted by molar-refractivity contribution is -0.121. The summed E-state index contributed by atoms with van der Waals surface area (Å²) in [6.07, 6.45) is 2.94. The molecule has 0 spiro atoms. The van der Waals surface area contributed by atoms with Gasteiger partial charge in [0.1, 0.15) is 0 Å². The molecule has 1 aliphatic carbocycles. The standard InChI is InChI=1S/C15H16N2O2S/c18-14-6-3-10-8-11(4-5-13(10)17-14)16-15(19)9-12-2-1-7-20-12/h1-3,6-7,11H,4-5,8-9H2,(H,16,19)(H,17,18)/t11-/m0/s1. The van der Waals surface area contributed by atoms with Crippen molar-refractivity contribution in [3.63, 3.8) is 0 Å². The van der Waals surface area contributed by atoms with Crippen LogP contribution in [0.1, 0.15) is 22.6 Å². The van der Waals surface area contributed by atoms with Crippen molar-refractivity contribution in [2.24, 2.45) is 0 Å². The quantitative estimate of drug-likeness (QED) is 0.902. The maximum absolute atomic E-state index is 12.0. The Labute approximate surface area is 120 Å². The second-order valence-electron chi connectivity index (χ2n) is 5.09. The summed E-state index contributed by atoms with van der Waals surface area (Å²) in [5.41, 5.74) is 2.10. The smallest absolute Gasteiger partial charge is 0.248 e. The van der Waals surface area contributed by atoms with Crippen LogP contribution in [0.15, 0.2) is 34.4 Å². The second-order valence-corrected chi connectivity index (χ2v) is 6.12. The van der Waals surface area contributed by atoms with Gasteiger partial charge in [-0.2, -0.15) is 0 Å². The van der Waals surface area contributed by atoms with Crippen molar-refractivity contribution in [3.05, 3.63) is 56.1 Å². The predicted octanol–water partition coefficient (Wildman–Crippen LogP) is 1.65. The van der Waals surface area contributed by atoms with E-state index in [1.807, 2.05) is 23.6 Å². The van der Waals surface area contributed by atoms with E-state index in [0.29, 0.717) is 6.42 Å². The molecule has 0 aliphatic heterocycles. The zero-order valence-electron chi connectivity index (χ0n) is 11.0. The maximum atomic E-state index is 12.0. The van der Waals surface area contributed by atoms with Gasteiger partial charge in [-0.15, -0.1) is 11.3 Å². The van der Waals surface area contributed by atoms with Crippen LogP contribution >= 0.6 is 11.3 Å². The maximum Gasteiger partial charge on any atom is 0.248 e. The molecule has 104 valence electrons. The molecule has 1 amide bonds. The number of hydrogen-bond donors (Lipinski definition) is 2. The molecule has 1 aliphatic rings. The van der Waals surface area contributed by atoms with Crippen LogP contribution < -0.4 is 10.9 Å². The number of fused-ring (bicyclic) bond motifs is 1. The molecular weight excluding hydrogens is 272 g/mol. The minimum atomic E-state index is -0.0519. The lowest BCUT2D eigenvalue weighted by atomic mass is 9.92. The normalized spacial score (nSPS) is 17.5. The van der Waals surface area contributed by atoms with Crippen LogP contribution in [0.3, 0.4) is 0 Å². The Morgan fingerprint density at radius 2 is 2.30 bits per heavy atom. The van der Waals surface area contributed by atoms with E-state index in [-0.39, 0.29) is 17.5 Å². The summed E-state index contributed by atoms with van der Waals surface area (Å²) < 4.78 is 0. The van der Waals surface area contributed by atoms with E-state index >= 15 is 0 Å². The third-order valence-corrected chi connectivity index (χ3v) is 4.46. The highest BCUT2D eigenvalue weighted by Gasteiger charge is 2.20. The highest BCUT2D eigenvalue weighted by atomic mass is 32.1. The summed E-state index contributed by atoms with van der Waals surface area (Å²) in [6.45, 7) is 0. The third-order valence-electron chi connectivity index (χ3n) is 3.59. The molecule has 3 rings (SSSR count). The van der Waals surface area contributed by atoms with Gasteiger partial charge in [-0.05, 0) is 36.3 Å². The van der Waals surface area contributed by atoms with Gasteiger partial charge in [0, 0.05) is 22.7 Å². The van der Waals surface area contributed by atoms with Gasteiger partial charge in [0.15, 0.2) is 0 Å². The summed E-state index contributed by atoms with van der Waals surface area (Å²) in [7, 11) is 0. The molecule has 0 radical (unpaired) electrons. The average molecular weight is 288 g/mol. The van der Waals surface area contributed by atoms with Crippen molar-refractivity contribution in [1.29, 1.82) is 0 Å². The van der Waals surface area contributed by atoms with Gasteiger partial charge in [0.25, 0.3) is 0 Å². The molecule has 4 nitrogen and oxygen atoms in total. The Bertz CT molecular complexity index is 661. The summed E-state index contributed by atoms with van der Waals surface area (Å²) >= 11 is 1.60. The van der Waals surface area contributed by atoms with E-state index in [4.69, 9.17) is 0 Å². The number of H-pyrrole nitrogens is 1. The van der Waals surface area contributed by atoms with E-state index in [2.05, 4.69) is 10.3 Å². The molecule has 0 fully saturated rings. The number of aromatic nitrogens is 1. The predicted molar refractivity (Wildman–Crippen MR) is 79.0 cm³/mol. The van der Waals surface area contributed by atoms with Crippen LogP contribution in [-0.4, -0.2) is 16.9 Å².